The Labute approximate surface area is 89.1 Å². The molecule has 1 N–H and O–H groups in total. The fourth-order valence-corrected chi connectivity index (χ4v) is 0.907. The van der Waals surface area contributed by atoms with Crippen molar-refractivity contribution in [1.82, 2.24) is 0 Å². The minimum absolute atomic E-state index is 1.18. The lowest BCUT2D eigenvalue weighted by atomic mass is 10.4. The average Bonchev–Trinajstić information content (AvgIpc) is 2.20. The fourth-order valence-electron chi connectivity index (χ4n) is 0.559. The molecule has 1 aromatic rings. The number of carboxylic acids is 1. The molecule has 0 saturated carbocycles. The van der Waals surface area contributed by atoms with E-state index in [9.17, 15) is 13.2 Å². The molecule has 5 nitrogen and oxygen atoms in total. The van der Waals surface area contributed by atoms with Gasteiger partial charge in [-0.05, 0) is 6.92 Å². The van der Waals surface area contributed by atoms with Crippen LogP contribution in [0.1, 0.15) is 6.92 Å². The zero-order chi connectivity index (χ0) is 11.7. The van der Waals surface area contributed by atoms with Gasteiger partial charge in [0.2, 0.25) is 0 Å². The molecule has 1 rings (SSSR count). The molecule has 15 heavy (non-hydrogen) atoms. The van der Waals surface area contributed by atoms with Crippen LogP contribution in [0.25, 0.3) is 0 Å². The van der Waals surface area contributed by atoms with Crippen LogP contribution in [0.2, 0.25) is 0 Å². The molecular formula is C9H11NO4S. The molecule has 82 valence electrons. The highest BCUT2D eigenvalue weighted by Gasteiger charge is 2.07. The van der Waals surface area contributed by atoms with Crippen LogP contribution in [0, 0.1) is 0 Å². The normalized spacial score (nSPS) is 10.5. The van der Waals surface area contributed by atoms with E-state index < -0.39 is 22.5 Å². The molecule has 0 saturated heterocycles. The van der Waals surface area contributed by atoms with E-state index in [0.29, 0.717) is 0 Å². The van der Waals surface area contributed by atoms with Crippen molar-refractivity contribution in [3.05, 3.63) is 36.4 Å². The van der Waals surface area contributed by atoms with Gasteiger partial charge in [-0.25, -0.2) is 4.79 Å². The lowest BCUT2D eigenvalue weighted by Crippen LogP contribution is -2.12. The molecule has 6 heteroatoms. The maximum Gasteiger partial charge on any atom is 0.329 e. The lowest BCUT2D eigenvalue weighted by Gasteiger charge is -1.89. The van der Waals surface area contributed by atoms with Crippen molar-refractivity contribution in [1.29, 1.82) is 0 Å². The summed E-state index contributed by atoms with van der Waals surface area (Å²) in [5, 5.41) is 8.06. The molecule has 0 heterocycles. The van der Waals surface area contributed by atoms with Gasteiger partial charge in [-0.3, -0.25) is 0 Å². The quantitative estimate of drug-likeness (QED) is 0.826. The minimum Gasteiger partial charge on any atom is -0.480 e. The monoisotopic (exact) mass is 229 g/mol. The van der Waals surface area contributed by atoms with E-state index in [0.717, 1.165) is 0 Å². The van der Waals surface area contributed by atoms with Crippen molar-refractivity contribution in [2.24, 2.45) is 4.36 Å². The first-order valence-electron chi connectivity index (χ1n) is 4.07. The first kappa shape index (κ1) is 13.3. The number of benzene rings is 1. The van der Waals surface area contributed by atoms with Crippen molar-refractivity contribution in [2.75, 3.05) is 0 Å². The summed E-state index contributed by atoms with van der Waals surface area (Å²) in [5.41, 5.74) is 0. The van der Waals surface area contributed by atoms with Crippen LogP contribution in [0.4, 0.5) is 0 Å². The van der Waals surface area contributed by atoms with Gasteiger partial charge in [0.25, 0.3) is 0 Å². The third-order valence-electron chi connectivity index (χ3n) is 1.27. The predicted molar refractivity (Wildman–Crippen MR) is 54.9 cm³/mol. The highest BCUT2D eigenvalue weighted by atomic mass is 32.2. The largest absolute Gasteiger partial charge is 0.480 e. The predicted octanol–water partition coefficient (Wildman–Crippen LogP) is 1.21. The standard InChI is InChI=1S/C6H6.C3H5NO4S/c1-2-4-6-5-3-1;1-2(3(5)6)4-9(7)8/h1-6H;2H,1H3,(H,5,6). The van der Waals surface area contributed by atoms with Crippen molar-refractivity contribution in [3.8, 4) is 0 Å². The molecule has 1 aromatic carbocycles. The SMILES string of the molecule is CC(N=S(=O)=O)C(=O)O.c1ccccc1. The van der Waals surface area contributed by atoms with Gasteiger partial charge >= 0.3 is 16.5 Å². The van der Waals surface area contributed by atoms with Crippen molar-refractivity contribution >= 4 is 16.5 Å². The average molecular weight is 229 g/mol. The van der Waals surface area contributed by atoms with E-state index in [1.54, 1.807) is 0 Å². The summed E-state index contributed by atoms with van der Waals surface area (Å²) in [7, 11) is -2.62. The first-order chi connectivity index (χ1) is 7.04. The molecule has 0 aromatic heterocycles. The van der Waals surface area contributed by atoms with Crippen molar-refractivity contribution in [2.45, 2.75) is 13.0 Å². The van der Waals surface area contributed by atoms with Crippen LogP contribution in [0.5, 0.6) is 0 Å². The summed E-state index contributed by atoms with van der Waals surface area (Å²) < 4.78 is 22.2. The van der Waals surface area contributed by atoms with Crippen LogP contribution < -0.4 is 0 Å². The molecular weight excluding hydrogens is 218 g/mol. The Bertz CT molecular complexity index is 378. The summed E-state index contributed by atoms with van der Waals surface area (Å²) in [6.45, 7) is 1.18. The topological polar surface area (TPSA) is 83.8 Å². The molecule has 0 spiro atoms. The molecule has 0 radical (unpaired) electrons. The molecule has 0 bridgehead atoms. The number of aliphatic carboxylic acids is 1. The number of nitrogens with zero attached hydrogens (tertiary/aromatic N) is 1. The van der Waals surface area contributed by atoms with Crippen LogP contribution in [0.15, 0.2) is 40.8 Å². The lowest BCUT2D eigenvalue weighted by molar-refractivity contribution is -0.137. The summed E-state index contributed by atoms with van der Waals surface area (Å²) in [6, 6.07) is 10.8. The maximum atomic E-state index is 9.87. The van der Waals surface area contributed by atoms with Crippen LogP contribution in [-0.2, 0) is 15.3 Å². The van der Waals surface area contributed by atoms with Gasteiger partial charge in [-0.2, -0.15) is 12.8 Å². The van der Waals surface area contributed by atoms with Gasteiger partial charge in [-0.15, -0.1) is 0 Å². The Morgan fingerprint density at radius 1 is 1.13 bits per heavy atom. The summed E-state index contributed by atoms with van der Waals surface area (Å²) in [4.78, 5) is 9.87. The molecule has 0 aliphatic heterocycles. The van der Waals surface area contributed by atoms with Crippen LogP contribution in [-0.4, -0.2) is 25.5 Å². The molecule has 1 unspecified atom stereocenters. The fraction of sp³-hybridized carbons (Fsp3) is 0.222. The Morgan fingerprint density at radius 3 is 1.60 bits per heavy atom. The summed E-state index contributed by atoms with van der Waals surface area (Å²) >= 11 is 0. The van der Waals surface area contributed by atoms with Crippen LogP contribution in [0.3, 0.4) is 0 Å². The minimum atomic E-state index is -2.62. The Morgan fingerprint density at radius 2 is 1.47 bits per heavy atom. The molecule has 0 aliphatic rings. The zero-order valence-corrected chi connectivity index (χ0v) is 8.89. The number of hydrogen-bond acceptors (Lipinski definition) is 4. The van der Waals surface area contributed by atoms with E-state index >= 15 is 0 Å². The smallest absolute Gasteiger partial charge is 0.329 e. The van der Waals surface area contributed by atoms with E-state index in [1.807, 2.05) is 36.4 Å². The van der Waals surface area contributed by atoms with E-state index in [1.165, 1.54) is 6.92 Å². The van der Waals surface area contributed by atoms with Crippen molar-refractivity contribution < 1.29 is 18.3 Å². The third kappa shape index (κ3) is 8.63. The van der Waals surface area contributed by atoms with Gasteiger partial charge < -0.3 is 5.11 Å². The van der Waals surface area contributed by atoms with Gasteiger partial charge in [0, 0.05) is 0 Å². The second kappa shape index (κ2) is 7.69. The molecule has 0 aliphatic carbocycles. The number of rotatable bonds is 2. The molecule has 0 amide bonds. The van der Waals surface area contributed by atoms with Gasteiger partial charge in [0.05, 0.1) is 0 Å². The van der Waals surface area contributed by atoms with E-state index in [-0.39, 0.29) is 0 Å². The highest BCUT2D eigenvalue weighted by Crippen LogP contribution is 1.86. The summed E-state index contributed by atoms with van der Waals surface area (Å²) in [5.74, 6) is -1.25. The van der Waals surface area contributed by atoms with Gasteiger partial charge in [0.1, 0.15) is 0 Å². The van der Waals surface area contributed by atoms with Gasteiger partial charge in [0.15, 0.2) is 6.04 Å². The Balaban J connectivity index is 0.000000280. The number of carbonyl (C=O) groups is 1. The van der Waals surface area contributed by atoms with Crippen LogP contribution >= 0.6 is 0 Å². The van der Waals surface area contributed by atoms with E-state index in [2.05, 4.69) is 4.36 Å². The Kier molecular flexibility index (Phi) is 6.82. The second-order valence-electron chi connectivity index (χ2n) is 2.49. The number of carboxylic acid groups (broad SMARTS) is 1. The maximum absolute atomic E-state index is 9.87. The summed E-state index contributed by atoms with van der Waals surface area (Å²) in [6.07, 6.45) is 0. The second-order valence-corrected chi connectivity index (χ2v) is 3.14. The van der Waals surface area contributed by atoms with E-state index in [4.69, 9.17) is 5.11 Å². The molecule has 1 atom stereocenters. The third-order valence-corrected chi connectivity index (χ3v) is 1.76. The van der Waals surface area contributed by atoms with Gasteiger partial charge in [-0.1, -0.05) is 36.4 Å². The molecule has 0 fully saturated rings. The number of hydrogen-bond donors (Lipinski definition) is 1. The highest BCUT2D eigenvalue weighted by molar-refractivity contribution is 7.61. The zero-order valence-electron chi connectivity index (χ0n) is 8.07. The first-order valence-corrected chi connectivity index (χ1v) is 5.10. The Hall–Kier alpha value is -1.69. The van der Waals surface area contributed by atoms with Crippen molar-refractivity contribution in [3.63, 3.8) is 0 Å².